The van der Waals surface area contributed by atoms with E-state index in [1.54, 1.807) is 0 Å². The summed E-state index contributed by atoms with van der Waals surface area (Å²) in [5, 5.41) is 0. The van der Waals surface area contributed by atoms with E-state index in [2.05, 4.69) is 48.5 Å². The monoisotopic (exact) mass is 2070 g/mol. The first-order valence-electron chi connectivity index (χ1n) is 46.8. The Morgan fingerprint density at radius 2 is 0.275 bits per heavy atom. The van der Waals surface area contributed by atoms with Gasteiger partial charge < -0.3 is 36.2 Å². The molecule has 4 aliphatic heterocycles. The van der Waals surface area contributed by atoms with Crippen LogP contribution < -0.4 is 36.2 Å². The van der Waals surface area contributed by atoms with Gasteiger partial charge in [-0.1, -0.05) is 291 Å². The Kier molecular flexibility index (Phi) is 22.4. The van der Waals surface area contributed by atoms with Crippen LogP contribution in [0.25, 0.3) is 89.0 Å². The summed E-state index contributed by atoms with van der Waals surface area (Å²) in [7, 11) is -17.5. The van der Waals surface area contributed by atoms with E-state index < -0.39 is 31.3 Å². The van der Waals surface area contributed by atoms with E-state index in [9.17, 15) is 37.8 Å². The van der Waals surface area contributed by atoms with E-state index in [0.29, 0.717) is 46.0 Å². The van der Waals surface area contributed by atoms with Gasteiger partial charge in [0.15, 0.2) is 0 Å². The molecule has 4 N–H and O–H groups in total. The van der Waals surface area contributed by atoms with Crippen LogP contribution in [0.15, 0.2) is 340 Å². The molecular formula is C116H92O16P4Rh2. The Morgan fingerprint density at radius 1 is 0.167 bits per heavy atom. The third kappa shape index (κ3) is 15.5. The van der Waals surface area contributed by atoms with Gasteiger partial charge in [-0.3, -0.25) is 19.6 Å². The summed E-state index contributed by atoms with van der Waals surface area (Å²) < 4.78 is 99.4. The Balaban J connectivity index is 0.000000103. The zero-order valence-corrected chi connectivity index (χ0v) is 81.6. The van der Waals surface area contributed by atoms with Crippen molar-refractivity contribution in [3.8, 4) is 135 Å². The van der Waals surface area contributed by atoms with Gasteiger partial charge in [0.2, 0.25) is 0 Å². The number of hydrogen-bond donors (Lipinski definition) is 4. The summed E-state index contributed by atoms with van der Waals surface area (Å²) in [6.07, 6.45) is 14.8. The number of phosphoric acid groups is 4. The molecule has 0 aromatic heterocycles. The summed E-state index contributed by atoms with van der Waals surface area (Å²) in [5.74, 6) is 3.82. The molecule has 28 rings (SSSR count). The Morgan fingerprint density at radius 3 is 0.384 bits per heavy atom. The van der Waals surface area contributed by atoms with Crippen LogP contribution in [0.5, 0.6) is 46.0 Å². The molecule has 0 fully saturated rings. The standard InChI is InChI=1S/4C29H23O4P.2Rh/c4*30-34(31)32-25-17-23(19-7-3-1-4-8-19)15-21-11-13-29(27(21)25)14-12-22-16-24(18-26(33-34)28(22)29)20-9-5-2-6-10-20;;/h4*1-10,15-18H,11-14H2,(H,30,31);;. The van der Waals surface area contributed by atoms with E-state index >= 15 is 0 Å². The van der Waals surface area contributed by atoms with Crippen molar-refractivity contribution in [2.45, 2.75) is 124 Å². The fourth-order valence-electron chi connectivity index (χ4n) is 25.1. The van der Waals surface area contributed by atoms with Crippen molar-refractivity contribution in [1.82, 2.24) is 0 Å². The van der Waals surface area contributed by atoms with E-state index in [4.69, 9.17) is 36.2 Å². The molecule has 0 bridgehead atoms. The molecule has 0 saturated heterocycles. The van der Waals surface area contributed by atoms with Gasteiger partial charge in [-0.2, -0.15) is 0 Å². The molecule has 8 aliphatic carbocycles. The maximum absolute atomic E-state index is 13.2. The van der Waals surface area contributed by atoms with Crippen molar-refractivity contribution in [1.29, 1.82) is 0 Å². The Bertz CT molecular complexity index is 6470. The smallest absolute Gasteiger partial charge is 0.395 e. The Labute approximate surface area is 826 Å². The normalized spacial score (nSPS) is 20.0. The summed E-state index contributed by atoms with van der Waals surface area (Å²) in [5.41, 5.74) is 33.5. The molecule has 0 atom stereocenters. The molecule has 0 amide bonds. The number of hydrogen-bond acceptors (Lipinski definition) is 12. The number of phosphoric ester groups is 4. The fraction of sp³-hybridized carbons (Fsp3) is 0.172. The number of aryl methyl sites for hydroxylation is 8. The zero-order chi connectivity index (χ0) is 91.7. The molecule has 4 heterocycles. The largest absolute Gasteiger partial charge is 0.584 e. The second-order valence-corrected chi connectivity index (χ2v) is 43.1. The SMILES string of the molecule is O=P1(O)Oc2cc(-c3ccccc3)cc3c2C2(CC3)CCc3cc(-c4ccccc4)cc(c32)O1.O=P1(O)Oc2cc(-c3ccccc3)cc3c2C2(CC3)CCc3cc(-c4ccccc4)cc(c32)O1.O=P1(O)Oc2cc(-c3ccccc3)cc3c2C2(CC3)CCc3cc(-c4ccccc4)cc(c32)O1.O=P1(O)Oc2cc(-c3ccccc3)cc3c2C2(CC3)CCc3cc(-c4ccccc4)cc(c32)O1.[Rh].[Rh]. The second kappa shape index (κ2) is 34.5. The third-order valence-electron chi connectivity index (χ3n) is 30.4. The summed E-state index contributed by atoms with van der Waals surface area (Å²) in [4.78, 5) is 43.2. The molecule has 16 aromatic rings. The average molecular weight is 2070 g/mol. The van der Waals surface area contributed by atoms with Gasteiger partial charge >= 0.3 is 31.3 Å². The summed E-state index contributed by atoms with van der Waals surface area (Å²) in [6.45, 7) is 0. The summed E-state index contributed by atoms with van der Waals surface area (Å²) >= 11 is 0. The molecule has 0 unspecified atom stereocenters. The molecular weight excluding hydrogens is 1980 g/mol. The van der Waals surface area contributed by atoms with Crippen LogP contribution in [0, 0.1) is 0 Å². The topological polar surface area (TPSA) is 223 Å². The molecule has 138 heavy (non-hydrogen) atoms. The van der Waals surface area contributed by atoms with Crippen molar-refractivity contribution < 1.29 is 113 Å². The van der Waals surface area contributed by atoms with E-state index in [1.165, 1.54) is 44.5 Å². The van der Waals surface area contributed by atoms with Crippen LogP contribution in [0.4, 0.5) is 0 Å². The van der Waals surface area contributed by atoms with Gasteiger partial charge in [0.05, 0.1) is 0 Å². The number of benzene rings is 16. The molecule has 4 spiro atoms. The van der Waals surface area contributed by atoms with Gasteiger partial charge in [0.1, 0.15) is 46.0 Å². The first-order valence-corrected chi connectivity index (χ1v) is 52.8. The average Bonchev–Trinajstić information content (AvgIpc) is 1.55. The van der Waals surface area contributed by atoms with Gasteiger partial charge in [0, 0.05) is 105 Å². The van der Waals surface area contributed by atoms with E-state index in [-0.39, 0.29) is 60.6 Å². The minimum absolute atomic E-state index is 0. The van der Waals surface area contributed by atoms with Crippen molar-refractivity contribution in [3.63, 3.8) is 0 Å². The van der Waals surface area contributed by atoms with Gasteiger partial charge in [-0.05, 0) is 285 Å². The maximum atomic E-state index is 13.2. The third-order valence-corrected chi connectivity index (χ3v) is 33.9. The number of rotatable bonds is 8. The van der Waals surface area contributed by atoms with Crippen LogP contribution in [0.1, 0.15) is 140 Å². The van der Waals surface area contributed by atoms with Crippen LogP contribution >= 0.6 is 31.3 Å². The first-order chi connectivity index (χ1) is 66.1. The van der Waals surface area contributed by atoms with Gasteiger partial charge in [-0.15, -0.1) is 0 Å². The van der Waals surface area contributed by atoms with Crippen molar-refractivity contribution in [2.75, 3.05) is 0 Å². The molecule has 16 nitrogen and oxygen atoms in total. The molecule has 16 aromatic carbocycles. The predicted molar refractivity (Wildman–Crippen MR) is 529 cm³/mol. The van der Waals surface area contributed by atoms with Gasteiger partial charge in [-0.25, -0.2) is 18.3 Å². The van der Waals surface area contributed by atoms with Crippen molar-refractivity contribution in [2.24, 2.45) is 0 Å². The minimum atomic E-state index is -4.39. The molecule has 0 saturated carbocycles. The van der Waals surface area contributed by atoms with Crippen LogP contribution in [-0.4, -0.2) is 19.6 Å². The van der Waals surface area contributed by atoms with Crippen molar-refractivity contribution >= 4 is 31.3 Å². The Hall–Kier alpha value is -12.1. The van der Waals surface area contributed by atoms with Gasteiger partial charge in [0.25, 0.3) is 0 Å². The quantitative estimate of drug-likeness (QED) is 0.0820. The second-order valence-electron chi connectivity index (χ2n) is 37.9. The minimum Gasteiger partial charge on any atom is -0.395 e. The first kappa shape index (κ1) is 89.8. The van der Waals surface area contributed by atoms with Crippen LogP contribution in [0.3, 0.4) is 0 Å². The molecule has 12 aliphatic rings. The summed E-state index contributed by atoms with van der Waals surface area (Å²) in [6, 6.07) is 114. The maximum Gasteiger partial charge on any atom is 0.584 e. The van der Waals surface area contributed by atoms with Crippen LogP contribution in [0.2, 0.25) is 0 Å². The molecule has 2 radical (unpaired) electrons. The predicted octanol–water partition coefficient (Wildman–Crippen LogP) is 28.3. The van der Waals surface area contributed by atoms with E-state index in [0.717, 1.165) is 236 Å². The van der Waals surface area contributed by atoms with Crippen LogP contribution in [-0.2, 0) is 130 Å². The molecule has 690 valence electrons. The van der Waals surface area contributed by atoms with Crippen molar-refractivity contribution in [3.05, 3.63) is 429 Å². The molecule has 22 heteroatoms. The fourth-order valence-corrected chi connectivity index (χ4v) is 28.4. The van der Waals surface area contributed by atoms with E-state index in [1.807, 2.05) is 291 Å². The zero-order valence-electron chi connectivity index (χ0n) is 74.8.